The molecule has 7 nitrogen and oxygen atoms in total. The standard InChI is InChI=1S/C19H17N3O4/c1-25-19(24)14(11-20)12-21-15-6-5-7-16(10-15)22-18(23)13-26-17-8-3-2-4-9-17/h2-10,12,21H,13H2,1H3,(H,22,23)/b14-12-. The molecular weight excluding hydrogens is 334 g/mol. The number of methoxy groups -OCH3 is 1. The largest absolute Gasteiger partial charge is 0.484 e. The van der Waals surface area contributed by atoms with Crippen LogP contribution in [0.15, 0.2) is 66.4 Å². The highest BCUT2D eigenvalue weighted by molar-refractivity contribution is 5.93. The minimum Gasteiger partial charge on any atom is -0.484 e. The fourth-order valence-corrected chi connectivity index (χ4v) is 1.95. The fourth-order valence-electron chi connectivity index (χ4n) is 1.95. The molecule has 2 aromatic carbocycles. The topological polar surface area (TPSA) is 100 Å². The van der Waals surface area contributed by atoms with Crippen LogP contribution in [0.4, 0.5) is 11.4 Å². The van der Waals surface area contributed by atoms with E-state index < -0.39 is 5.97 Å². The van der Waals surface area contributed by atoms with Crippen LogP contribution in [0.3, 0.4) is 0 Å². The number of benzene rings is 2. The van der Waals surface area contributed by atoms with E-state index in [9.17, 15) is 9.59 Å². The van der Waals surface area contributed by atoms with Crippen LogP contribution < -0.4 is 15.4 Å². The summed E-state index contributed by atoms with van der Waals surface area (Å²) in [5.41, 5.74) is 0.961. The molecule has 2 rings (SSSR count). The molecule has 0 unspecified atom stereocenters. The van der Waals surface area contributed by atoms with Crippen molar-refractivity contribution in [3.05, 3.63) is 66.4 Å². The highest BCUT2D eigenvalue weighted by Gasteiger charge is 2.08. The first-order valence-electron chi connectivity index (χ1n) is 7.65. The van der Waals surface area contributed by atoms with Gasteiger partial charge in [0.15, 0.2) is 12.2 Å². The monoisotopic (exact) mass is 351 g/mol. The molecule has 0 aliphatic carbocycles. The number of ether oxygens (including phenoxy) is 2. The van der Waals surface area contributed by atoms with Gasteiger partial charge in [-0.15, -0.1) is 0 Å². The first kappa shape index (κ1) is 18.5. The van der Waals surface area contributed by atoms with E-state index in [2.05, 4.69) is 15.4 Å². The number of carbonyl (C=O) groups excluding carboxylic acids is 2. The summed E-state index contributed by atoms with van der Waals surface area (Å²) in [7, 11) is 1.20. The van der Waals surface area contributed by atoms with E-state index in [1.807, 2.05) is 18.2 Å². The average Bonchev–Trinajstić information content (AvgIpc) is 2.67. The maximum Gasteiger partial charge on any atom is 0.350 e. The molecule has 132 valence electrons. The number of carbonyl (C=O) groups is 2. The Morgan fingerprint density at radius 3 is 2.54 bits per heavy atom. The molecule has 7 heteroatoms. The second kappa shape index (κ2) is 9.49. The molecule has 0 bridgehead atoms. The van der Waals surface area contributed by atoms with Gasteiger partial charge in [0.1, 0.15) is 11.8 Å². The van der Waals surface area contributed by atoms with Gasteiger partial charge in [0.25, 0.3) is 5.91 Å². The number of rotatable bonds is 7. The van der Waals surface area contributed by atoms with E-state index >= 15 is 0 Å². The molecule has 26 heavy (non-hydrogen) atoms. The first-order chi connectivity index (χ1) is 12.6. The van der Waals surface area contributed by atoms with Crippen molar-refractivity contribution in [1.82, 2.24) is 0 Å². The Kier molecular flexibility index (Phi) is 6.77. The van der Waals surface area contributed by atoms with Gasteiger partial charge in [-0.25, -0.2) is 4.79 Å². The van der Waals surface area contributed by atoms with Crippen LogP contribution in [0.25, 0.3) is 0 Å². The molecule has 2 aromatic rings. The second-order valence-electron chi connectivity index (χ2n) is 5.04. The minimum absolute atomic E-state index is 0.123. The zero-order valence-corrected chi connectivity index (χ0v) is 14.1. The second-order valence-corrected chi connectivity index (χ2v) is 5.04. The Morgan fingerprint density at radius 2 is 1.85 bits per heavy atom. The average molecular weight is 351 g/mol. The summed E-state index contributed by atoms with van der Waals surface area (Å²) in [5.74, 6) is -0.439. The normalized spacial score (nSPS) is 10.4. The van der Waals surface area contributed by atoms with E-state index in [4.69, 9.17) is 10.00 Å². The fraction of sp³-hybridized carbons (Fsp3) is 0.105. The van der Waals surface area contributed by atoms with Crippen molar-refractivity contribution in [1.29, 1.82) is 5.26 Å². The number of esters is 1. The zero-order chi connectivity index (χ0) is 18.8. The quantitative estimate of drug-likeness (QED) is 0.452. The van der Waals surface area contributed by atoms with Gasteiger partial charge in [0.05, 0.1) is 7.11 Å². The van der Waals surface area contributed by atoms with Crippen molar-refractivity contribution in [3.63, 3.8) is 0 Å². The lowest BCUT2D eigenvalue weighted by Crippen LogP contribution is -2.20. The van der Waals surface area contributed by atoms with Crippen molar-refractivity contribution in [3.8, 4) is 11.8 Å². The predicted octanol–water partition coefficient (Wildman–Crippen LogP) is 2.70. The predicted molar refractivity (Wildman–Crippen MR) is 96.3 cm³/mol. The Labute approximate surface area is 150 Å². The number of amides is 1. The lowest BCUT2D eigenvalue weighted by Gasteiger charge is -2.09. The lowest BCUT2D eigenvalue weighted by atomic mass is 10.2. The minimum atomic E-state index is -0.734. The number of anilines is 2. The maximum atomic E-state index is 12.0. The molecule has 0 aliphatic rings. The number of nitrogens with one attached hydrogen (secondary N) is 2. The zero-order valence-electron chi connectivity index (χ0n) is 14.1. The van der Waals surface area contributed by atoms with Gasteiger partial charge in [-0.05, 0) is 30.3 Å². The summed E-state index contributed by atoms with van der Waals surface area (Å²) < 4.78 is 9.87. The van der Waals surface area contributed by atoms with E-state index in [1.165, 1.54) is 13.3 Å². The van der Waals surface area contributed by atoms with Gasteiger partial charge in [0, 0.05) is 17.6 Å². The molecule has 0 fully saturated rings. The van der Waals surface area contributed by atoms with Gasteiger partial charge < -0.3 is 20.1 Å². The van der Waals surface area contributed by atoms with Crippen molar-refractivity contribution >= 4 is 23.3 Å². The Morgan fingerprint density at radius 1 is 1.12 bits per heavy atom. The molecular formula is C19H17N3O4. The highest BCUT2D eigenvalue weighted by Crippen LogP contribution is 2.16. The van der Waals surface area contributed by atoms with Gasteiger partial charge in [-0.3, -0.25) is 4.79 Å². The smallest absolute Gasteiger partial charge is 0.350 e. The van der Waals surface area contributed by atoms with E-state index in [-0.39, 0.29) is 18.1 Å². The molecule has 1 amide bonds. The van der Waals surface area contributed by atoms with Crippen molar-refractivity contribution in [2.45, 2.75) is 0 Å². The van der Waals surface area contributed by atoms with Crippen LogP contribution in [0.1, 0.15) is 0 Å². The van der Waals surface area contributed by atoms with Gasteiger partial charge in [-0.2, -0.15) is 5.26 Å². The molecule has 0 radical (unpaired) electrons. The molecule has 0 aromatic heterocycles. The summed E-state index contributed by atoms with van der Waals surface area (Å²) in [6, 6.07) is 17.6. The van der Waals surface area contributed by atoms with Gasteiger partial charge in [0.2, 0.25) is 0 Å². The Bertz CT molecular complexity index is 841. The molecule has 2 N–H and O–H groups in total. The SMILES string of the molecule is COC(=O)/C(C#N)=C\Nc1cccc(NC(=O)COc2ccccc2)c1. The highest BCUT2D eigenvalue weighted by atomic mass is 16.5. The molecule has 0 aliphatic heterocycles. The number of hydrogen-bond acceptors (Lipinski definition) is 6. The Hall–Kier alpha value is -3.79. The van der Waals surface area contributed by atoms with Crippen molar-refractivity contribution < 1.29 is 19.1 Å². The third-order valence-electron chi connectivity index (χ3n) is 3.17. The maximum absolute atomic E-state index is 12.0. The summed E-state index contributed by atoms with van der Waals surface area (Å²) in [5, 5.41) is 14.4. The van der Waals surface area contributed by atoms with E-state index in [0.717, 1.165) is 0 Å². The van der Waals surface area contributed by atoms with Crippen molar-refractivity contribution in [2.75, 3.05) is 24.4 Å². The molecule has 0 atom stereocenters. The summed E-state index contributed by atoms with van der Waals surface area (Å²) in [6.45, 7) is -0.123. The van der Waals surface area contributed by atoms with Crippen LogP contribution in [-0.2, 0) is 14.3 Å². The van der Waals surface area contributed by atoms with Crippen LogP contribution in [0.2, 0.25) is 0 Å². The lowest BCUT2D eigenvalue weighted by molar-refractivity contribution is -0.135. The molecule has 0 spiro atoms. The van der Waals surface area contributed by atoms with E-state index in [0.29, 0.717) is 17.1 Å². The molecule has 0 heterocycles. The number of nitrogens with zero attached hydrogens (tertiary/aromatic N) is 1. The first-order valence-corrected chi connectivity index (χ1v) is 7.65. The van der Waals surface area contributed by atoms with Crippen LogP contribution >= 0.6 is 0 Å². The summed E-state index contributed by atoms with van der Waals surface area (Å²) in [4.78, 5) is 23.3. The van der Waals surface area contributed by atoms with Gasteiger partial charge in [-0.1, -0.05) is 24.3 Å². The summed E-state index contributed by atoms with van der Waals surface area (Å²) >= 11 is 0. The van der Waals surface area contributed by atoms with E-state index in [1.54, 1.807) is 42.5 Å². The van der Waals surface area contributed by atoms with Crippen molar-refractivity contribution in [2.24, 2.45) is 0 Å². The third kappa shape index (κ3) is 5.69. The van der Waals surface area contributed by atoms with Crippen LogP contribution in [-0.4, -0.2) is 25.6 Å². The van der Waals surface area contributed by atoms with Gasteiger partial charge >= 0.3 is 5.97 Å². The molecule has 0 saturated carbocycles. The van der Waals surface area contributed by atoms with Crippen LogP contribution in [0.5, 0.6) is 5.75 Å². The number of hydrogen-bond donors (Lipinski definition) is 2. The Balaban J connectivity index is 1.94. The third-order valence-corrected chi connectivity index (χ3v) is 3.17. The molecule has 0 saturated heterocycles. The van der Waals surface area contributed by atoms with Crippen LogP contribution in [0, 0.1) is 11.3 Å². The summed E-state index contributed by atoms with van der Waals surface area (Å²) in [6.07, 6.45) is 1.24. The number of para-hydroxylation sites is 1. The number of nitriles is 1.